The van der Waals surface area contributed by atoms with Crippen LogP contribution >= 0.6 is 0 Å². The molecule has 0 bridgehead atoms. The minimum absolute atomic E-state index is 0. The fraction of sp³-hybridized carbons (Fsp3) is 0.789. The van der Waals surface area contributed by atoms with Crippen molar-refractivity contribution in [2.45, 2.75) is 93.4 Å². The largest absolute Gasteiger partial charge is 0.0808 e. The van der Waals surface area contributed by atoms with Crippen LogP contribution in [0.25, 0.3) is 0 Å². The van der Waals surface area contributed by atoms with Crippen LogP contribution in [0.4, 0.5) is 0 Å². The normalized spacial score (nSPS) is 17.6. The Morgan fingerprint density at radius 1 is 0.947 bits per heavy atom. The van der Waals surface area contributed by atoms with E-state index in [4.69, 9.17) is 0 Å². The molecule has 19 heavy (non-hydrogen) atoms. The Kier molecular flexibility index (Phi) is 15.2. The lowest BCUT2D eigenvalue weighted by molar-refractivity contribution is 0.521. The maximum Gasteiger partial charge on any atom is -0.0193 e. The standard InChI is InChI=1S/C14H24.C4H10.CH4/c1-4-5-6-7-8-14-10-9-12(2)13(3)11-14;1-3-4-2;/h9-10,14H,4-8,11H2,1-3H3;3-4H2,1-2H3;1H4. The van der Waals surface area contributed by atoms with Crippen LogP contribution in [0.15, 0.2) is 23.3 Å². The third kappa shape index (κ3) is 11.0. The Labute approximate surface area is 123 Å². The zero-order chi connectivity index (χ0) is 13.8. The van der Waals surface area contributed by atoms with Gasteiger partial charge in [-0.1, -0.05) is 90.0 Å². The summed E-state index contributed by atoms with van der Waals surface area (Å²) < 4.78 is 0. The first-order chi connectivity index (χ1) is 8.65. The molecule has 1 rings (SSSR count). The highest BCUT2D eigenvalue weighted by molar-refractivity contribution is 5.27. The molecule has 0 fully saturated rings. The average Bonchev–Trinajstić information content (AvgIpc) is 2.39. The molecule has 0 saturated carbocycles. The topological polar surface area (TPSA) is 0 Å². The van der Waals surface area contributed by atoms with Gasteiger partial charge in [0.05, 0.1) is 0 Å². The van der Waals surface area contributed by atoms with Crippen LogP contribution in [0.3, 0.4) is 0 Å². The fourth-order valence-corrected chi connectivity index (χ4v) is 2.08. The number of allylic oxidation sites excluding steroid dienone is 4. The van der Waals surface area contributed by atoms with E-state index in [9.17, 15) is 0 Å². The second-order valence-corrected chi connectivity index (χ2v) is 5.64. The summed E-state index contributed by atoms with van der Waals surface area (Å²) in [6, 6.07) is 0. The summed E-state index contributed by atoms with van der Waals surface area (Å²) in [5.74, 6) is 0.829. The van der Waals surface area contributed by atoms with Crippen LogP contribution in [-0.4, -0.2) is 0 Å². The Morgan fingerprint density at radius 2 is 1.58 bits per heavy atom. The molecule has 114 valence electrons. The molecule has 1 aliphatic carbocycles. The van der Waals surface area contributed by atoms with Crippen molar-refractivity contribution in [1.82, 2.24) is 0 Å². The molecule has 0 N–H and O–H groups in total. The monoisotopic (exact) mass is 266 g/mol. The van der Waals surface area contributed by atoms with Gasteiger partial charge in [-0.25, -0.2) is 0 Å². The molecule has 0 heteroatoms. The minimum atomic E-state index is 0. The van der Waals surface area contributed by atoms with Gasteiger partial charge in [0.25, 0.3) is 0 Å². The molecule has 0 aliphatic heterocycles. The summed E-state index contributed by atoms with van der Waals surface area (Å²) in [4.78, 5) is 0. The van der Waals surface area contributed by atoms with Crippen LogP contribution in [-0.2, 0) is 0 Å². The van der Waals surface area contributed by atoms with Crippen molar-refractivity contribution in [3.05, 3.63) is 23.3 Å². The fourth-order valence-electron chi connectivity index (χ4n) is 2.08. The van der Waals surface area contributed by atoms with Crippen LogP contribution in [0.5, 0.6) is 0 Å². The van der Waals surface area contributed by atoms with Crippen molar-refractivity contribution in [3.8, 4) is 0 Å². The highest BCUT2D eigenvalue weighted by atomic mass is 14.2. The lowest BCUT2D eigenvalue weighted by Crippen LogP contribution is -2.02. The average molecular weight is 267 g/mol. The lowest BCUT2D eigenvalue weighted by Gasteiger charge is -2.18. The smallest absolute Gasteiger partial charge is 0.0193 e. The molecule has 1 unspecified atom stereocenters. The molecule has 0 nitrogen and oxygen atoms in total. The Bertz CT molecular complexity index is 243. The number of hydrogen-bond donors (Lipinski definition) is 0. The molecule has 0 saturated heterocycles. The van der Waals surface area contributed by atoms with Crippen molar-refractivity contribution >= 4 is 0 Å². The van der Waals surface area contributed by atoms with E-state index < -0.39 is 0 Å². The van der Waals surface area contributed by atoms with Crippen molar-refractivity contribution in [1.29, 1.82) is 0 Å². The van der Waals surface area contributed by atoms with Gasteiger partial charge in [0, 0.05) is 0 Å². The predicted molar refractivity (Wildman–Crippen MR) is 91.7 cm³/mol. The van der Waals surface area contributed by atoms with Gasteiger partial charge in [0.1, 0.15) is 0 Å². The van der Waals surface area contributed by atoms with Gasteiger partial charge in [0.15, 0.2) is 0 Å². The van der Waals surface area contributed by atoms with Crippen molar-refractivity contribution < 1.29 is 0 Å². The summed E-state index contributed by atoms with van der Waals surface area (Å²) in [5.41, 5.74) is 3.07. The summed E-state index contributed by atoms with van der Waals surface area (Å²) in [5, 5.41) is 0. The van der Waals surface area contributed by atoms with E-state index >= 15 is 0 Å². The molecule has 0 aromatic rings. The first kappa shape index (κ1) is 20.8. The van der Waals surface area contributed by atoms with E-state index in [1.165, 1.54) is 56.9 Å². The maximum atomic E-state index is 2.41. The number of unbranched alkanes of at least 4 members (excludes halogenated alkanes) is 4. The molecular weight excluding hydrogens is 228 g/mol. The van der Waals surface area contributed by atoms with E-state index in [-0.39, 0.29) is 7.43 Å². The van der Waals surface area contributed by atoms with E-state index in [1.807, 2.05) is 0 Å². The van der Waals surface area contributed by atoms with Crippen LogP contribution in [0, 0.1) is 5.92 Å². The van der Waals surface area contributed by atoms with Crippen molar-refractivity contribution in [2.24, 2.45) is 5.92 Å². The van der Waals surface area contributed by atoms with Gasteiger partial charge in [-0.3, -0.25) is 0 Å². The predicted octanol–water partition coefficient (Wildman–Crippen LogP) is 7.31. The molecule has 0 aromatic heterocycles. The molecule has 0 radical (unpaired) electrons. The van der Waals surface area contributed by atoms with Gasteiger partial charge in [-0.15, -0.1) is 0 Å². The first-order valence-corrected chi connectivity index (χ1v) is 8.00. The SMILES string of the molecule is C.CCCC.CCCCCCC1C=CC(C)=C(C)C1. The van der Waals surface area contributed by atoms with Crippen LogP contribution < -0.4 is 0 Å². The Balaban J connectivity index is 0. The van der Waals surface area contributed by atoms with Crippen LogP contribution in [0.1, 0.15) is 93.4 Å². The highest BCUT2D eigenvalue weighted by Gasteiger charge is 2.10. The highest BCUT2D eigenvalue weighted by Crippen LogP contribution is 2.26. The van der Waals surface area contributed by atoms with Crippen molar-refractivity contribution in [3.63, 3.8) is 0 Å². The molecular formula is C19H38. The molecule has 0 amide bonds. The van der Waals surface area contributed by atoms with Gasteiger partial charge in [0.2, 0.25) is 0 Å². The number of rotatable bonds is 6. The van der Waals surface area contributed by atoms with E-state index in [0.717, 1.165) is 5.92 Å². The minimum Gasteiger partial charge on any atom is -0.0808 e. The Hall–Kier alpha value is -0.520. The van der Waals surface area contributed by atoms with Gasteiger partial charge < -0.3 is 0 Å². The zero-order valence-corrected chi connectivity index (χ0v) is 13.4. The molecule has 1 aliphatic rings. The molecule has 0 heterocycles. The summed E-state index contributed by atoms with van der Waals surface area (Å²) in [6.07, 6.45) is 15.6. The maximum absolute atomic E-state index is 2.41. The second-order valence-electron chi connectivity index (χ2n) is 5.64. The van der Waals surface area contributed by atoms with Gasteiger partial charge in [-0.05, 0) is 32.6 Å². The quantitative estimate of drug-likeness (QED) is 0.442. The van der Waals surface area contributed by atoms with Crippen LogP contribution in [0.2, 0.25) is 0 Å². The third-order valence-corrected chi connectivity index (χ3v) is 3.79. The zero-order valence-electron chi connectivity index (χ0n) is 13.4. The summed E-state index contributed by atoms with van der Waals surface area (Å²) in [7, 11) is 0. The Morgan fingerprint density at radius 3 is 2.05 bits per heavy atom. The second kappa shape index (κ2) is 13.9. The summed E-state index contributed by atoms with van der Waals surface area (Å²) >= 11 is 0. The van der Waals surface area contributed by atoms with Crippen molar-refractivity contribution in [2.75, 3.05) is 0 Å². The van der Waals surface area contributed by atoms with E-state index in [2.05, 4.69) is 46.8 Å². The molecule has 1 atom stereocenters. The van der Waals surface area contributed by atoms with E-state index in [0.29, 0.717) is 0 Å². The molecule has 0 aromatic carbocycles. The van der Waals surface area contributed by atoms with E-state index in [1.54, 1.807) is 5.57 Å². The van der Waals surface area contributed by atoms with Gasteiger partial charge >= 0.3 is 0 Å². The van der Waals surface area contributed by atoms with Gasteiger partial charge in [-0.2, -0.15) is 0 Å². The lowest BCUT2D eigenvalue weighted by atomic mass is 9.87. The number of hydrogen-bond acceptors (Lipinski definition) is 0. The third-order valence-electron chi connectivity index (χ3n) is 3.79. The first-order valence-electron chi connectivity index (χ1n) is 8.00. The summed E-state index contributed by atoms with van der Waals surface area (Å²) in [6.45, 7) is 11.1. The molecule has 0 spiro atoms.